The van der Waals surface area contributed by atoms with Gasteiger partial charge in [0.1, 0.15) is 0 Å². The van der Waals surface area contributed by atoms with Gasteiger partial charge in [0.2, 0.25) is 5.28 Å². The van der Waals surface area contributed by atoms with Crippen molar-refractivity contribution in [2.24, 2.45) is 0 Å². The maximum absolute atomic E-state index is 6.03. The van der Waals surface area contributed by atoms with Crippen LogP contribution in [0.4, 0.5) is 0 Å². The van der Waals surface area contributed by atoms with Crippen LogP contribution in [-0.4, -0.2) is 9.97 Å². The first-order valence-electron chi connectivity index (χ1n) is 4.10. The Hall–Kier alpha value is -0.830. The standard InChI is InChI=1S/C10H5Cl3N2/c11-7-1-2-8(9(12)3-7)6-4-14-10(13)15-5-6/h1-5H. The van der Waals surface area contributed by atoms with Crippen LogP contribution in [0.25, 0.3) is 11.1 Å². The van der Waals surface area contributed by atoms with Gasteiger partial charge in [-0.1, -0.05) is 29.3 Å². The van der Waals surface area contributed by atoms with Gasteiger partial charge >= 0.3 is 0 Å². The maximum Gasteiger partial charge on any atom is 0.222 e. The second kappa shape index (κ2) is 4.35. The molecular formula is C10H5Cl3N2. The van der Waals surface area contributed by atoms with Crippen LogP contribution in [-0.2, 0) is 0 Å². The minimum absolute atomic E-state index is 0.212. The Morgan fingerprint density at radius 1 is 0.933 bits per heavy atom. The molecule has 0 amide bonds. The van der Waals surface area contributed by atoms with E-state index < -0.39 is 0 Å². The van der Waals surface area contributed by atoms with E-state index in [-0.39, 0.29) is 5.28 Å². The molecule has 0 aliphatic carbocycles. The SMILES string of the molecule is Clc1ccc(-c2cnc(Cl)nc2)c(Cl)c1. The van der Waals surface area contributed by atoms with Crippen molar-refractivity contribution in [1.82, 2.24) is 9.97 Å². The monoisotopic (exact) mass is 258 g/mol. The number of nitrogens with zero attached hydrogens (tertiary/aromatic N) is 2. The Bertz CT molecular complexity index is 483. The second-order valence-corrected chi connectivity index (χ2v) is 4.05. The highest BCUT2D eigenvalue weighted by Gasteiger charge is 2.04. The molecule has 0 spiro atoms. The average molecular weight is 260 g/mol. The van der Waals surface area contributed by atoms with E-state index in [9.17, 15) is 0 Å². The fourth-order valence-electron chi connectivity index (χ4n) is 1.17. The van der Waals surface area contributed by atoms with E-state index in [1.54, 1.807) is 24.5 Å². The van der Waals surface area contributed by atoms with Crippen LogP contribution in [0.1, 0.15) is 0 Å². The van der Waals surface area contributed by atoms with Crippen LogP contribution >= 0.6 is 34.8 Å². The van der Waals surface area contributed by atoms with Crippen LogP contribution in [0, 0.1) is 0 Å². The molecule has 0 saturated heterocycles. The third-order valence-corrected chi connectivity index (χ3v) is 2.61. The Morgan fingerprint density at radius 3 is 2.20 bits per heavy atom. The van der Waals surface area contributed by atoms with Crippen molar-refractivity contribution in [1.29, 1.82) is 0 Å². The van der Waals surface area contributed by atoms with E-state index in [0.717, 1.165) is 11.1 Å². The van der Waals surface area contributed by atoms with E-state index >= 15 is 0 Å². The third kappa shape index (κ3) is 2.40. The second-order valence-electron chi connectivity index (χ2n) is 2.86. The Morgan fingerprint density at radius 2 is 1.60 bits per heavy atom. The van der Waals surface area contributed by atoms with Gasteiger partial charge in [-0.05, 0) is 23.7 Å². The number of hydrogen-bond donors (Lipinski definition) is 0. The molecule has 0 radical (unpaired) electrons. The summed E-state index contributed by atoms with van der Waals surface area (Å²) in [7, 11) is 0. The maximum atomic E-state index is 6.03. The molecule has 0 saturated carbocycles. The summed E-state index contributed by atoms with van der Waals surface area (Å²) in [6.07, 6.45) is 3.23. The minimum atomic E-state index is 0.212. The fraction of sp³-hybridized carbons (Fsp3) is 0. The summed E-state index contributed by atoms with van der Waals surface area (Å²) in [5.74, 6) is 0. The quantitative estimate of drug-likeness (QED) is 0.721. The van der Waals surface area contributed by atoms with E-state index in [1.807, 2.05) is 6.07 Å². The van der Waals surface area contributed by atoms with Crippen molar-refractivity contribution >= 4 is 34.8 Å². The molecule has 0 atom stereocenters. The molecule has 1 aromatic carbocycles. The summed E-state index contributed by atoms with van der Waals surface area (Å²) in [5.41, 5.74) is 1.64. The van der Waals surface area contributed by atoms with Crippen molar-refractivity contribution in [2.45, 2.75) is 0 Å². The molecule has 2 rings (SSSR count). The highest BCUT2D eigenvalue weighted by molar-refractivity contribution is 6.36. The average Bonchev–Trinajstić information content (AvgIpc) is 2.20. The van der Waals surface area contributed by atoms with Gasteiger partial charge in [-0.25, -0.2) is 9.97 Å². The number of aromatic nitrogens is 2. The minimum Gasteiger partial charge on any atom is -0.226 e. The summed E-state index contributed by atoms with van der Waals surface area (Å²) < 4.78 is 0. The zero-order valence-corrected chi connectivity index (χ0v) is 9.68. The molecule has 0 aliphatic heterocycles. The van der Waals surface area contributed by atoms with Crippen molar-refractivity contribution < 1.29 is 0 Å². The summed E-state index contributed by atoms with van der Waals surface area (Å²) >= 11 is 17.4. The fourth-order valence-corrected chi connectivity index (χ4v) is 1.79. The molecule has 15 heavy (non-hydrogen) atoms. The molecule has 0 unspecified atom stereocenters. The zero-order valence-electron chi connectivity index (χ0n) is 7.42. The smallest absolute Gasteiger partial charge is 0.222 e. The van der Waals surface area contributed by atoms with Crippen LogP contribution in [0.15, 0.2) is 30.6 Å². The molecule has 1 aromatic heterocycles. The first-order chi connectivity index (χ1) is 7.16. The van der Waals surface area contributed by atoms with E-state index in [2.05, 4.69) is 9.97 Å². The predicted octanol–water partition coefficient (Wildman–Crippen LogP) is 4.10. The van der Waals surface area contributed by atoms with E-state index in [1.165, 1.54) is 0 Å². The first kappa shape index (κ1) is 10.7. The molecule has 2 nitrogen and oxygen atoms in total. The first-order valence-corrected chi connectivity index (χ1v) is 5.23. The molecular weight excluding hydrogens is 254 g/mol. The van der Waals surface area contributed by atoms with Gasteiger partial charge in [-0.3, -0.25) is 0 Å². The van der Waals surface area contributed by atoms with Crippen LogP contribution in [0.2, 0.25) is 15.3 Å². The van der Waals surface area contributed by atoms with Crippen molar-refractivity contribution in [3.63, 3.8) is 0 Å². The molecule has 5 heteroatoms. The lowest BCUT2D eigenvalue weighted by molar-refractivity contribution is 1.17. The summed E-state index contributed by atoms with van der Waals surface area (Å²) in [4.78, 5) is 7.76. The lowest BCUT2D eigenvalue weighted by Crippen LogP contribution is -1.85. The Balaban J connectivity index is 2.49. The predicted molar refractivity (Wildman–Crippen MR) is 62.5 cm³/mol. The summed E-state index contributed by atoms with van der Waals surface area (Å²) in [6, 6.07) is 5.25. The normalized spacial score (nSPS) is 10.3. The van der Waals surface area contributed by atoms with Gasteiger partial charge in [0, 0.05) is 33.6 Å². The highest BCUT2D eigenvalue weighted by Crippen LogP contribution is 2.29. The molecule has 76 valence electrons. The third-order valence-electron chi connectivity index (χ3n) is 1.86. The topological polar surface area (TPSA) is 25.8 Å². The van der Waals surface area contributed by atoms with Crippen LogP contribution in [0.3, 0.4) is 0 Å². The molecule has 0 N–H and O–H groups in total. The van der Waals surface area contributed by atoms with Gasteiger partial charge in [0.05, 0.1) is 0 Å². The number of hydrogen-bond acceptors (Lipinski definition) is 2. The van der Waals surface area contributed by atoms with Gasteiger partial charge < -0.3 is 0 Å². The molecule has 0 bridgehead atoms. The van der Waals surface area contributed by atoms with Crippen LogP contribution in [0.5, 0.6) is 0 Å². The van der Waals surface area contributed by atoms with Gasteiger partial charge in [0.25, 0.3) is 0 Å². The Labute approximate surface area is 102 Å². The summed E-state index contributed by atoms with van der Waals surface area (Å²) in [5, 5.41) is 1.37. The van der Waals surface area contributed by atoms with E-state index in [0.29, 0.717) is 10.0 Å². The van der Waals surface area contributed by atoms with Gasteiger partial charge in [-0.2, -0.15) is 0 Å². The number of benzene rings is 1. The number of halogens is 3. The lowest BCUT2D eigenvalue weighted by Gasteiger charge is -2.03. The zero-order chi connectivity index (χ0) is 10.8. The van der Waals surface area contributed by atoms with Gasteiger partial charge in [-0.15, -0.1) is 0 Å². The summed E-state index contributed by atoms with van der Waals surface area (Å²) in [6.45, 7) is 0. The molecule has 2 aromatic rings. The lowest BCUT2D eigenvalue weighted by atomic mass is 10.1. The molecule has 1 heterocycles. The molecule has 0 fully saturated rings. The Kier molecular flexibility index (Phi) is 3.10. The highest BCUT2D eigenvalue weighted by atomic mass is 35.5. The molecule has 0 aliphatic rings. The largest absolute Gasteiger partial charge is 0.226 e. The van der Waals surface area contributed by atoms with Crippen molar-refractivity contribution in [3.05, 3.63) is 45.9 Å². The van der Waals surface area contributed by atoms with Crippen molar-refractivity contribution in [3.8, 4) is 11.1 Å². The van der Waals surface area contributed by atoms with Gasteiger partial charge in [0.15, 0.2) is 0 Å². The van der Waals surface area contributed by atoms with Crippen LogP contribution < -0.4 is 0 Å². The van der Waals surface area contributed by atoms with Crippen molar-refractivity contribution in [2.75, 3.05) is 0 Å². The number of rotatable bonds is 1. The van der Waals surface area contributed by atoms with E-state index in [4.69, 9.17) is 34.8 Å².